The van der Waals surface area contributed by atoms with Gasteiger partial charge in [0.15, 0.2) is 6.73 Å². The molecule has 1 saturated heterocycles. The number of thioether (sulfide) groups is 1. The van der Waals surface area contributed by atoms with E-state index < -0.39 is 40.5 Å². The van der Waals surface area contributed by atoms with E-state index in [2.05, 4.69) is 0 Å². The number of hydrogen-bond acceptors (Lipinski definition) is 10. The zero-order chi connectivity index (χ0) is 32.7. The molecular formula is C34H35NO9S. The van der Waals surface area contributed by atoms with Crippen molar-refractivity contribution in [2.75, 3.05) is 28.1 Å². The van der Waals surface area contributed by atoms with Crippen LogP contribution in [-0.2, 0) is 30.3 Å². The number of hydrogen-bond donors (Lipinski definition) is 0. The minimum Gasteiger partial charge on any atom is -0.497 e. The summed E-state index contributed by atoms with van der Waals surface area (Å²) in [5.74, 6) is 0.900. The Balaban J connectivity index is 1.40. The van der Waals surface area contributed by atoms with Crippen LogP contribution in [0.2, 0.25) is 0 Å². The van der Waals surface area contributed by atoms with Gasteiger partial charge in [0, 0.05) is 6.07 Å². The first kappa shape index (κ1) is 33.1. The van der Waals surface area contributed by atoms with Gasteiger partial charge in [0.05, 0.1) is 37.6 Å². The molecule has 45 heavy (non-hydrogen) atoms. The number of esters is 2. The Kier molecular flexibility index (Phi) is 10.6. The van der Waals surface area contributed by atoms with Crippen LogP contribution in [0.5, 0.6) is 23.0 Å². The maximum absolute atomic E-state index is 12.8. The average Bonchev–Trinajstić information content (AvgIpc) is 3.29. The third kappa shape index (κ3) is 8.45. The highest BCUT2D eigenvalue weighted by atomic mass is 32.2. The average molecular weight is 634 g/mol. The second-order valence-corrected chi connectivity index (χ2v) is 12.3. The molecule has 0 spiro atoms. The van der Waals surface area contributed by atoms with Crippen molar-refractivity contribution in [3.63, 3.8) is 0 Å². The van der Waals surface area contributed by atoms with Crippen molar-refractivity contribution in [3.8, 4) is 23.0 Å². The normalized spacial score (nSPS) is 15.1. The summed E-state index contributed by atoms with van der Waals surface area (Å²) >= 11 is 0.919. The van der Waals surface area contributed by atoms with Crippen molar-refractivity contribution < 1.29 is 42.9 Å². The summed E-state index contributed by atoms with van der Waals surface area (Å²) in [6, 6.07) is 19.5. The van der Waals surface area contributed by atoms with Gasteiger partial charge in [0.2, 0.25) is 5.91 Å². The SMILES string of the molecule is COC(=O)/C(=C/c1cc(OC)cc(OC)c1)c1ccc(Oc2ccc(CC3SC(=O)N(COC(=O)C(C)(C)C)C3=O)cc2)cc1. The Bertz CT molecular complexity index is 1570. The molecule has 4 rings (SSSR count). The number of methoxy groups -OCH3 is 3. The lowest BCUT2D eigenvalue weighted by atomic mass is 9.98. The standard InChI is InChI=1S/C34H35NO9S/c1-34(2,3)32(38)43-20-35-30(36)29(45-33(35)39)18-21-7-11-24(12-8-21)44-25-13-9-23(10-14-25)28(31(37)42-6)17-22-15-26(40-4)19-27(16-22)41-5/h7-17,19,29H,18,20H2,1-6H3/b28-17+. The van der Waals surface area contributed by atoms with Crippen LogP contribution in [0.15, 0.2) is 66.7 Å². The number of carbonyl (C=O) groups is 4. The maximum Gasteiger partial charge on any atom is 0.338 e. The van der Waals surface area contributed by atoms with Gasteiger partial charge in [-0.2, -0.15) is 0 Å². The molecular weight excluding hydrogens is 598 g/mol. The molecule has 236 valence electrons. The molecule has 11 heteroatoms. The van der Waals surface area contributed by atoms with Gasteiger partial charge < -0.3 is 23.7 Å². The highest BCUT2D eigenvalue weighted by Crippen LogP contribution is 2.32. The lowest BCUT2D eigenvalue weighted by Gasteiger charge is -2.19. The minimum absolute atomic E-state index is 0.329. The van der Waals surface area contributed by atoms with E-state index in [0.717, 1.165) is 22.2 Å². The van der Waals surface area contributed by atoms with Gasteiger partial charge in [-0.1, -0.05) is 36.0 Å². The third-order valence-corrected chi connectivity index (χ3v) is 7.85. The Morgan fingerprint density at radius 2 is 1.42 bits per heavy atom. The molecule has 0 N–H and O–H groups in total. The summed E-state index contributed by atoms with van der Waals surface area (Å²) in [4.78, 5) is 50.9. The van der Waals surface area contributed by atoms with Crippen LogP contribution in [-0.4, -0.2) is 61.3 Å². The number of nitrogens with zero attached hydrogens (tertiary/aromatic N) is 1. The summed E-state index contributed by atoms with van der Waals surface area (Å²) in [5.41, 5.74) is 1.77. The van der Waals surface area contributed by atoms with Crippen LogP contribution in [0.25, 0.3) is 11.6 Å². The molecule has 3 aromatic carbocycles. The molecule has 1 aliphatic heterocycles. The monoisotopic (exact) mass is 633 g/mol. The Labute approximate surface area is 266 Å². The Hall–Kier alpha value is -4.77. The van der Waals surface area contributed by atoms with Gasteiger partial charge in [-0.25, -0.2) is 9.69 Å². The molecule has 3 aromatic rings. The fourth-order valence-electron chi connectivity index (χ4n) is 4.28. The molecule has 1 atom stereocenters. The lowest BCUT2D eigenvalue weighted by Crippen LogP contribution is -2.36. The van der Waals surface area contributed by atoms with Crippen LogP contribution in [0.3, 0.4) is 0 Å². The molecule has 0 aliphatic carbocycles. The van der Waals surface area contributed by atoms with Crippen molar-refractivity contribution in [2.24, 2.45) is 5.41 Å². The van der Waals surface area contributed by atoms with Crippen LogP contribution >= 0.6 is 11.8 Å². The molecule has 2 amide bonds. The van der Waals surface area contributed by atoms with Crippen molar-refractivity contribution in [3.05, 3.63) is 83.4 Å². The molecule has 0 saturated carbocycles. The highest BCUT2D eigenvalue weighted by molar-refractivity contribution is 8.15. The van der Waals surface area contributed by atoms with Gasteiger partial charge >= 0.3 is 11.9 Å². The summed E-state index contributed by atoms with van der Waals surface area (Å²) in [7, 11) is 4.43. The highest BCUT2D eigenvalue weighted by Gasteiger charge is 2.40. The van der Waals surface area contributed by atoms with Crippen LogP contribution in [0.1, 0.15) is 37.5 Å². The third-order valence-electron chi connectivity index (χ3n) is 6.78. The summed E-state index contributed by atoms with van der Waals surface area (Å²) in [6.45, 7) is 4.70. The number of carbonyl (C=O) groups excluding carboxylic acids is 4. The van der Waals surface area contributed by atoms with E-state index in [4.69, 9.17) is 23.7 Å². The Morgan fingerprint density at radius 3 is 1.96 bits per heavy atom. The van der Waals surface area contributed by atoms with Gasteiger partial charge in [-0.15, -0.1) is 0 Å². The molecule has 0 bridgehead atoms. The number of ether oxygens (including phenoxy) is 5. The predicted octanol–water partition coefficient (Wildman–Crippen LogP) is 6.36. The molecule has 1 unspecified atom stereocenters. The summed E-state index contributed by atoms with van der Waals surface area (Å²) < 4.78 is 26.8. The summed E-state index contributed by atoms with van der Waals surface area (Å²) in [5, 5.41) is -1.05. The fourth-order valence-corrected chi connectivity index (χ4v) is 5.30. The number of rotatable bonds is 11. The molecule has 1 heterocycles. The van der Waals surface area contributed by atoms with Gasteiger partial charge in [-0.05, 0) is 86.4 Å². The number of imide groups is 1. The van der Waals surface area contributed by atoms with Crippen molar-refractivity contribution in [1.82, 2.24) is 4.90 Å². The zero-order valence-corrected chi connectivity index (χ0v) is 26.8. The molecule has 1 fully saturated rings. The summed E-state index contributed by atoms with van der Waals surface area (Å²) in [6.07, 6.45) is 2.03. The maximum atomic E-state index is 12.8. The van der Waals surface area contributed by atoms with E-state index >= 15 is 0 Å². The first-order chi connectivity index (χ1) is 21.4. The van der Waals surface area contributed by atoms with Crippen LogP contribution in [0, 0.1) is 5.41 Å². The van der Waals surface area contributed by atoms with E-state index in [1.54, 1.807) is 95.7 Å². The second-order valence-electron chi connectivity index (χ2n) is 11.1. The predicted molar refractivity (Wildman–Crippen MR) is 170 cm³/mol. The topological polar surface area (TPSA) is 118 Å². The van der Waals surface area contributed by atoms with E-state index in [9.17, 15) is 19.2 Å². The van der Waals surface area contributed by atoms with E-state index in [0.29, 0.717) is 46.1 Å². The first-order valence-electron chi connectivity index (χ1n) is 14.0. The first-order valence-corrected chi connectivity index (χ1v) is 14.9. The molecule has 10 nitrogen and oxygen atoms in total. The minimum atomic E-state index is -0.736. The largest absolute Gasteiger partial charge is 0.497 e. The molecule has 0 radical (unpaired) electrons. The van der Waals surface area contributed by atoms with E-state index in [-0.39, 0.29) is 0 Å². The smallest absolute Gasteiger partial charge is 0.338 e. The van der Waals surface area contributed by atoms with Crippen molar-refractivity contribution >= 4 is 46.5 Å². The van der Waals surface area contributed by atoms with Crippen LogP contribution in [0.4, 0.5) is 4.79 Å². The van der Waals surface area contributed by atoms with Crippen LogP contribution < -0.4 is 14.2 Å². The molecule has 0 aromatic heterocycles. The zero-order valence-electron chi connectivity index (χ0n) is 25.9. The van der Waals surface area contributed by atoms with Gasteiger partial charge in [0.1, 0.15) is 23.0 Å². The van der Waals surface area contributed by atoms with E-state index in [1.165, 1.54) is 7.11 Å². The van der Waals surface area contributed by atoms with Gasteiger partial charge in [0.25, 0.3) is 5.24 Å². The Morgan fingerprint density at radius 1 is 0.844 bits per heavy atom. The lowest BCUT2D eigenvalue weighted by molar-refractivity contribution is -0.158. The second kappa shape index (κ2) is 14.3. The number of benzene rings is 3. The van der Waals surface area contributed by atoms with Crippen molar-refractivity contribution in [2.45, 2.75) is 32.4 Å². The molecule has 1 aliphatic rings. The fraction of sp³-hybridized carbons (Fsp3) is 0.294. The van der Waals surface area contributed by atoms with E-state index in [1.807, 2.05) is 12.1 Å². The van der Waals surface area contributed by atoms with Crippen molar-refractivity contribution in [1.29, 1.82) is 0 Å². The van der Waals surface area contributed by atoms with Gasteiger partial charge in [-0.3, -0.25) is 14.4 Å². The quantitative estimate of drug-likeness (QED) is 0.134. The number of amides is 2.